The molecule has 0 fully saturated rings. The molecule has 3 aromatic carbocycles. The van der Waals surface area contributed by atoms with E-state index in [1.807, 2.05) is 54.8 Å². The molecule has 1 aromatic heterocycles. The Hall–Kier alpha value is -3.61. The molecule has 0 bridgehead atoms. The third-order valence-corrected chi connectivity index (χ3v) is 6.52. The number of carbonyl (C=O) groups excluding carboxylic acids is 2. The van der Waals surface area contributed by atoms with Crippen LogP contribution in [0.4, 0.5) is 5.69 Å². The average molecular weight is 491 g/mol. The molecule has 0 saturated carbocycles. The Labute approximate surface area is 206 Å². The number of benzene rings is 3. The highest BCUT2D eigenvalue weighted by atomic mass is 35.5. The number of carbonyl (C=O) groups is 2. The Morgan fingerprint density at radius 2 is 1.79 bits per heavy atom. The van der Waals surface area contributed by atoms with Gasteiger partial charge in [-0.25, -0.2) is 5.43 Å². The van der Waals surface area contributed by atoms with E-state index in [-0.39, 0.29) is 18.4 Å². The van der Waals surface area contributed by atoms with Crippen molar-refractivity contribution in [3.8, 4) is 5.69 Å². The van der Waals surface area contributed by atoms with Gasteiger partial charge in [0, 0.05) is 32.9 Å². The number of nitrogens with zero attached hydrogens (tertiary/aromatic N) is 3. The van der Waals surface area contributed by atoms with Crippen LogP contribution in [0.1, 0.15) is 27.3 Å². The van der Waals surface area contributed by atoms with Crippen molar-refractivity contribution >= 4 is 57.7 Å². The van der Waals surface area contributed by atoms with E-state index in [0.717, 1.165) is 39.1 Å². The quantitative estimate of drug-likeness (QED) is 0.289. The van der Waals surface area contributed by atoms with Crippen LogP contribution in [0.15, 0.2) is 65.8 Å². The summed E-state index contributed by atoms with van der Waals surface area (Å²) in [6.07, 6.45) is 1.58. The van der Waals surface area contributed by atoms with E-state index >= 15 is 0 Å². The van der Waals surface area contributed by atoms with Crippen molar-refractivity contribution in [1.82, 2.24) is 9.99 Å². The Balaban J connectivity index is 1.32. The molecular weight excluding hydrogens is 471 g/mol. The van der Waals surface area contributed by atoms with Gasteiger partial charge in [-0.3, -0.25) is 14.5 Å². The molecule has 5 rings (SSSR count). The molecule has 170 valence electrons. The van der Waals surface area contributed by atoms with Gasteiger partial charge in [-0.1, -0.05) is 47.5 Å². The molecule has 0 saturated heterocycles. The topological polar surface area (TPSA) is 66.7 Å². The molecule has 8 heteroatoms. The molecule has 2 heterocycles. The molecule has 0 aliphatic carbocycles. The van der Waals surface area contributed by atoms with E-state index in [1.54, 1.807) is 30.5 Å². The van der Waals surface area contributed by atoms with Gasteiger partial charge in [0.25, 0.3) is 11.8 Å². The van der Waals surface area contributed by atoms with Gasteiger partial charge in [0.15, 0.2) is 0 Å². The lowest BCUT2D eigenvalue weighted by molar-refractivity contribution is -0.119. The van der Waals surface area contributed by atoms with Crippen molar-refractivity contribution in [2.24, 2.45) is 5.10 Å². The van der Waals surface area contributed by atoms with Crippen molar-refractivity contribution in [2.45, 2.75) is 13.8 Å². The first-order valence-electron chi connectivity index (χ1n) is 10.6. The number of hydrogen-bond donors (Lipinski definition) is 1. The summed E-state index contributed by atoms with van der Waals surface area (Å²) >= 11 is 12.5. The fourth-order valence-corrected chi connectivity index (χ4v) is 4.80. The van der Waals surface area contributed by atoms with Gasteiger partial charge < -0.3 is 4.57 Å². The molecule has 34 heavy (non-hydrogen) atoms. The number of halogens is 2. The van der Waals surface area contributed by atoms with Gasteiger partial charge in [-0.05, 0) is 55.6 Å². The molecule has 1 aliphatic rings. The van der Waals surface area contributed by atoms with E-state index in [0.29, 0.717) is 15.6 Å². The van der Waals surface area contributed by atoms with Crippen molar-refractivity contribution in [3.05, 3.63) is 93.2 Å². The second kappa shape index (κ2) is 8.63. The highest BCUT2D eigenvalue weighted by molar-refractivity contribution is 6.34. The SMILES string of the molecule is Cc1cc(/C=N/NC(=O)CN2C(=O)c3cccc4cccc2c34)c(C)n1-c1cc(Cl)ccc1Cl. The van der Waals surface area contributed by atoms with E-state index < -0.39 is 0 Å². The Kier molecular flexibility index (Phi) is 5.63. The smallest absolute Gasteiger partial charge is 0.260 e. The maximum Gasteiger partial charge on any atom is 0.260 e. The lowest BCUT2D eigenvalue weighted by atomic mass is 10.1. The predicted octanol–water partition coefficient (Wildman–Crippen LogP) is 5.66. The van der Waals surface area contributed by atoms with E-state index in [9.17, 15) is 9.59 Å². The summed E-state index contributed by atoms with van der Waals surface area (Å²) in [4.78, 5) is 27.0. The molecule has 2 amide bonds. The minimum absolute atomic E-state index is 0.124. The van der Waals surface area contributed by atoms with Crippen molar-refractivity contribution in [3.63, 3.8) is 0 Å². The summed E-state index contributed by atoms with van der Waals surface area (Å²) in [5.41, 5.74) is 7.32. The monoisotopic (exact) mass is 490 g/mol. The van der Waals surface area contributed by atoms with Crippen LogP contribution in [0, 0.1) is 13.8 Å². The zero-order valence-corrected chi connectivity index (χ0v) is 20.0. The summed E-state index contributed by atoms with van der Waals surface area (Å²) < 4.78 is 1.98. The van der Waals surface area contributed by atoms with E-state index in [4.69, 9.17) is 23.2 Å². The first-order chi connectivity index (χ1) is 16.3. The van der Waals surface area contributed by atoms with Crippen LogP contribution in [0.3, 0.4) is 0 Å². The standard InChI is InChI=1S/C26H20Cl2N4O2/c1-15-11-18(16(2)32(15)23-12-19(27)9-10-21(23)28)13-29-30-24(33)14-31-22-8-4-6-17-5-3-7-20(25(17)22)26(31)34/h3-13H,14H2,1-2H3,(H,30,33)/b29-13+. The summed E-state index contributed by atoms with van der Waals surface area (Å²) in [7, 11) is 0. The van der Waals surface area contributed by atoms with Gasteiger partial charge in [0.05, 0.1) is 22.6 Å². The maximum atomic E-state index is 12.9. The fraction of sp³-hybridized carbons (Fsp3) is 0.115. The number of aromatic nitrogens is 1. The lowest BCUT2D eigenvalue weighted by Crippen LogP contribution is -2.37. The van der Waals surface area contributed by atoms with Crippen LogP contribution in [0.2, 0.25) is 10.0 Å². The van der Waals surface area contributed by atoms with Crippen LogP contribution in [0.25, 0.3) is 16.5 Å². The summed E-state index contributed by atoms with van der Waals surface area (Å²) in [6.45, 7) is 3.77. The Morgan fingerprint density at radius 3 is 2.59 bits per heavy atom. The van der Waals surface area contributed by atoms with E-state index in [2.05, 4.69) is 10.5 Å². The van der Waals surface area contributed by atoms with Crippen LogP contribution < -0.4 is 10.3 Å². The molecule has 4 aromatic rings. The third kappa shape index (κ3) is 3.75. The largest absolute Gasteiger partial charge is 0.316 e. The molecule has 6 nitrogen and oxygen atoms in total. The summed E-state index contributed by atoms with van der Waals surface area (Å²) in [6, 6.07) is 18.5. The molecule has 0 spiro atoms. The number of nitrogens with one attached hydrogen (secondary N) is 1. The van der Waals surface area contributed by atoms with E-state index in [1.165, 1.54) is 4.90 Å². The minimum Gasteiger partial charge on any atom is -0.316 e. The van der Waals surface area contributed by atoms with Gasteiger partial charge >= 0.3 is 0 Å². The molecule has 0 atom stereocenters. The Bertz CT molecular complexity index is 1500. The summed E-state index contributed by atoms with van der Waals surface area (Å²) in [5, 5.41) is 7.13. The van der Waals surface area contributed by atoms with Crippen molar-refractivity contribution in [1.29, 1.82) is 0 Å². The number of hydrogen-bond acceptors (Lipinski definition) is 3. The minimum atomic E-state index is -0.388. The van der Waals surface area contributed by atoms with Crippen molar-refractivity contribution in [2.75, 3.05) is 11.4 Å². The number of hydrazone groups is 1. The highest BCUT2D eigenvalue weighted by Gasteiger charge is 2.30. The molecular formula is C26H20Cl2N4O2. The van der Waals surface area contributed by atoms with Crippen LogP contribution in [0.5, 0.6) is 0 Å². The van der Waals surface area contributed by atoms with Crippen LogP contribution >= 0.6 is 23.2 Å². The number of anilines is 1. The molecule has 1 aliphatic heterocycles. The lowest BCUT2D eigenvalue weighted by Gasteiger charge is -2.16. The number of amides is 2. The van der Waals surface area contributed by atoms with Crippen molar-refractivity contribution < 1.29 is 9.59 Å². The number of rotatable bonds is 5. The molecule has 1 N–H and O–H groups in total. The second-order valence-electron chi connectivity index (χ2n) is 8.12. The summed E-state index contributed by atoms with van der Waals surface area (Å²) in [5.74, 6) is -0.575. The molecule has 0 radical (unpaired) electrons. The first kappa shape index (κ1) is 22.2. The predicted molar refractivity (Wildman–Crippen MR) is 137 cm³/mol. The van der Waals surface area contributed by atoms with Crippen LogP contribution in [-0.2, 0) is 4.79 Å². The van der Waals surface area contributed by atoms with Gasteiger partial charge in [0.2, 0.25) is 0 Å². The average Bonchev–Trinajstić information content (AvgIpc) is 3.25. The van der Waals surface area contributed by atoms with Gasteiger partial charge in [-0.15, -0.1) is 0 Å². The second-order valence-corrected chi connectivity index (χ2v) is 8.97. The fourth-order valence-electron chi connectivity index (χ4n) is 4.44. The maximum absolute atomic E-state index is 12.9. The highest BCUT2D eigenvalue weighted by Crippen LogP contribution is 2.36. The zero-order chi connectivity index (χ0) is 24.0. The number of aryl methyl sites for hydroxylation is 1. The van der Waals surface area contributed by atoms with Gasteiger partial charge in [0.1, 0.15) is 6.54 Å². The third-order valence-electron chi connectivity index (χ3n) is 5.96. The zero-order valence-electron chi connectivity index (χ0n) is 18.5. The first-order valence-corrected chi connectivity index (χ1v) is 11.4. The normalized spacial score (nSPS) is 12.8. The molecule has 0 unspecified atom stereocenters. The van der Waals surface area contributed by atoms with Crippen LogP contribution in [-0.4, -0.2) is 29.1 Å². The Morgan fingerprint density at radius 1 is 1.03 bits per heavy atom. The van der Waals surface area contributed by atoms with Gasteiger partial charge in [-0.2, -0.15) is 5.10 Å².